The summed E-state index contributed by atoms with van der Waals surface area (Å²) in [6.45, 7) is 12.6. The number of nitrogens with zero attached hydrogens (tertiary/aromatic N) is 2. The van der Waals surface area contributed by atoms with Crippen LogP contribution in [0.25, 0.3) is 10.9 Å². The minimum Gasteiger partial charge on any atom is -0.378 e. The molecule has 0 unspecified atom stereocenters. The number of benzene rings is 1. The van der Waals surface area contributed by atoms with Crippen molar-refractivity contribution < 1.29 is 4.74 Å². The number of aryl methyl sites for hydroxylation is 1. The van der Waals surface area contributed by atoms with Gasteiger partial charge in [0.1, 0.15) is 0 Å². The minimum atomic E-state index is 0.500. The van der Waals surface area contributed by atoms with E-state index >= 15 is 0 Å². The molecule has 1 aromatic carbocycles. The topological polar surface area (TPSA) is 17.4 Å². The number of morpholine rings is 1. The third-order valence-electron chi connectivity index (χ3n) is 4.44. The fraction of sp³-hybridized carbons (Fsp3) is 0.529. The van der Waals surface area contributed by atoms with Gasteiger partial charge in [-0.1, -0.05) is 0 Å². The zero-order valence-corrected chi connectivity index (χ0v) is 12.9. The van der Waals surface area contributed by atoms with Gasteiger partial charge in [0, 0.05) is 41.4 Å². The maximum Gasteiger partial charge on any atom is 0.0642 e. The fourth-order valence-electron chi connectivity index (χ4n) is 3.27. The van der Waals surface area contributed by atoms with Gasteiger partial charge in [-0.3, -0.25) is 0 Å². The van der Waals surface area contributed by atoms with Crippen LogP contribution in [0.15, 0.2) is 18.2 Å². The SMILES string of the molecule is Cc1c(C)n(C(C)C)c2ccc(N3CCOCC3)cc12. The van der Waals surface area contributed by atoms with Gasteiger partial charge in [0.05, 0.1) is 13.2 Å². The van der Waals surface area contributed by atoms with Gasteiger partial charge in [-0.15, -0.1) is 0 Å². The molecule has 20 heavy (non-hydrogen) atoms. The Morgan fingerprint density at radius 3 is 2.45 bits per heavy atom. The highest BCUT2D eigenvalue weighted by Gasteiger charge is 2.16. The Morgan fingerprint density at radius 2 is 1.80 bits per heavy atom. The average Bonchev–Trinajstić information content (AvgIpc) is 2.71. The van der Waals surface area contributed by atoms with Crippen LogP contribution in [-0.2, 0) is 4.74 Å². The lowest BCUT2D eigenvalue weighted by atomic mass is 10.1. The second-order valence-electron chi connectivity index (χ2n) is 5.98. The van der Waals surface area contributed by atoms with E-state index in [1.165, 1.54) is 27.8 Å². The van der Waals surface area contributed by atoms with Crippen LogP contribution in [0.5, 0.6) is 0 Å². The molecule has 3 rings (SSSR count). The highest BCUT2D eigenvalue weighted by atomic mass is 16.5. The van der Waals surface area contributed by atoms with E-state index < -0.39 is 0 Å². The smallest absolute Gasteiger partial charge is 0.0642 e. The normalized spacial score (nSPS) is 16.4. The van der Waals surface area contributed by atoms with E-state index in [1.54, 1.807) is 0 Å². The zero-order chi connectivity index (χ0) is 14.3. The molecule has 0 radical (unpaired) electrons. The molecule has 1 aliphatic heterocycles. The van der Waals surface area contributed by atoms with Crippen molar-refractivity contribution >= 4 is 16.6 Å². The maximum atomic E-state index is 5.44. The van der Waals surface area contributed by atoms with Crippen molar-refractivity contribution in [3.63, 3.8) is 0 Å². The number of hydrogen-bond acceptors (Lipinski definition) is 2. The van der Waals surface area contributed by atoms with Crippen molar-refractivity contribution in [3.05, 3.63) is 29.5 Å². The average molecular weight is 272 g/mol. The number of rotatable bonds is 2. The molecule has 0 saturated carbocycles. The van der Waals surface area contributed by atoms with Gasteiger partial charge in [-0.05, 0) is 51.5 Å². The molecule has 0 atom stereocenters. The first-order valence-electron chi connectivity index (χ1n) is 7.53. The lowest BCUT2D eigenvalue weighted by Gasteiger charge is -2.29. The van der Waals surface area contributed by atoms with Gasteiger partial charge in [-0.2, -0.15) is 0 Å². The largest absolute Gasteiger partial charge is 0.378 e. The van der Waals surface area contributed by atoms with Crippen LogP contribution in [0.2, 0.25) is 0 Å². The predicted octanol–water partition coefficient (Wildman–Crippen LogP) is 3.68. The molecule has 0 amide bonds. The summed E-state index contributed by atoms with van der Waals surface area (Å²) < 4.78 is 7.88. The molecule has 3 nitrogen and oxygen atoms in total. The molecule has 1 saturated heterocycles. The highest BCUT2D eigenvalue weighted by Crippen LogP contribution is 2.31. The van der Waals surface area contributed by atoms with Gasteiger partial charge >= 0.3 is 0 Å². The molecule has 1 aliphatic rings. The van der Waals surface area contributed by atoms with E-state index in [9.17, 15) is 0 Å². The summed E-state index contributed by atoms with van der Waals surface area (Å²) in [6, 6.07) is 7.38. The van der Waals surface area contributed by atoms with Crippen LogP contribution in [0.3, 0.4) is 0 Å². The highest BCUT2D eigenvalue weighted by molar-refractivity contribution is 5.88. The van der Waals surface area contributed by atoms with Crippen molar-refractivity contribution in [1.29, 1.82) is 0 Å². The van der Waals surface area contributed by atoms with Crippen molar-refractivity contribution in [1.82, 2.24) is 4.57 Å². The van der Waals surface area contributed by atoms with E-state index in [1.807, 2.05) is 0 Å². The van der Waals surface area contributed by atoms with Crippen LogP contribution >= 0.6 is 0 Å². The number of anilines is 1. The molecule has 0 spiro atoms. The monoisotopic (exact) mass is 272 g/mol. The summed E-state index contributed by atoms with van der Waals surface area (Å²) in [6.07, 6.45) is 0. The van der Waals surface area contributed by atoms with Crippen molar-refractivity contribution in [2.75, 3.05) is 31.2 Å². The number of aromatic nitrogens is 1. The molecule has 2 aromatic rings. The second kappa shape index (κ2) is 5.13. The minimum absolute atomic E-state index is 0.500. The number of hydrogen-bond donors (Lipinski definition) is 0. The van der Waals surface area contributed by atoms with Crippen LogP contribution in [0.1, 0.15) is 31.1 Å². The molecule has 1 fully saturated rings. The van der Waals surface area contributed by atoms with Gasteiger partial charge < -0.3 is 14.2 Å². The van der Waals surface area contributed by atoms with Crippen molar-refractivity contribution in [2.45, 2.75) is 33.7 Å². The van der Waals surface area contributed by atoms with Crippen LogP contribution in [-0.4, -0.2) is 30.9 Å². The standard InChI is InChI=1S/C17H24N2O/c1-12(2)19-14(4)13(3)16-11-15(5-6-17(16)19)18-7-9-20-10-8-18/h5-6,11-12H,7-10H2,1-4H3. The lowest BCUT2D eigenvalue weighted by Crippen LogP contribution is -2.36. The van der Waals surface area contributed by atoms with Crippen molar-refractivity contribution in [2.24, 2.45) is 0 Å². The summed E-state index contributed by atoms with van der Waals surface area (Å²) in [5.74, 6) is 0. The van der Waals surface area contributed by atoms with E-state index in [0.29, 0.717) is 6.04 Å². The van der Waals surface area contributed by atoms with E-state index in [-0.39, 0.29) is 0 Å². The molecule has 3 heteroatoms. The van der Waals surface area contributed by atoms with Gasteiger partial charge in [0.25, 0.3) is 0 Å². The summed E-state index contributed by atoms with van der Waals surface area (Å²) in [5.41, 5.74) is 5.47. The van der Waals surface area contributed by atoms with E-state index in [4.69, 9.17) is 4.74 Å². The van der Waals surface area contributed by atoms with Crippen LogP contribution < -0.4 is 4.90 Å². The maximum absolute atomic E-state index is 5.44. The molecule has 108 valence electrons. The Labute approximate surface area is 121 Å². The van der Waals surface area contributed by atoms with Crippen LogP contribution in [0, 0.1) is 13.8 Å². The molecule has 0 bridgehead atoms. The second-order valence-corrected chi connectivity index (χ2v) is 5.98. The van der Waals surface area contributed by atoms with Crippen LogP contribution in [0.4, 0.5) is 5.69 Å². The lowest BCUT2D eigenvalue weighted by molar-refractivity contribution is 0.122. The fourth-order valence-corrected chi connectivity index (χ4v) is 3.27. The summed E-state index contributed by atoms with van der Waals surface area (Å²) in [7, 11) is 0. The molecule has 1 aromatic heterocycles. The van der Waals surface area contributed by atoms with Gasteiger partial charge in [-0.25, -0.2) is 0 Å². The van der Waals surface area contributed by atoms with Gasteiger partial charge in [0.15, 0.2) is 0 Å². The summed E-state index contributed by atoms with van der Waals surface area (Å²) in [5, 5.41) is 1.39. The summed E-state index contributed by atoms with van der Waals surface area (Å²) >= 11 is 0. The molecule has 0 N–H and O–H groups in total. The number of fused-ring (bicyclic) bond motifs is 1. The van der Waals surface area contributed by atoms with E-state index in [0.717, 1.165) is 26.3 Å². The van der Waals surface area contributed by atoms with Crippen molar-refractivity contribution in [3.8, 4) is 0 Å². The number of ether oxygens (including phenoxy) is 1. The third-order valence-corrected chi connectivity index (χ3v) is 4.44. The third kappa shape index (κ3) is 2.10. The first-order valence-corrected chi connectivity index (χ1v) is 7.53. The molecular weight excluding hydrogens is 248 g/mol. The molecule has 0 aliphatic carbocycles. The summed E-state index contributed by atoms with van der Waals surface area (Å²) in [4.78, 5) is 2.42. The molecular formula is C17H24N2O. The Hall–Kier alpha value is -1.48. The van der Waals surface area contributed by atoms with Gasteiger partial charge in [0.2, 0.25) is 0 Å². The first-order chi connectivity index (χ1) is 9.59. The van der Waals surface area contributed by atoms with E-state index in [2.05, 4.69) is 55.4 Å². The predicted molar refractivity (Wildman–Crippen MR) is 84.8 cm³/mol. The molecule has 2 heterocycles. The quantitative estimate of drug-likeness (QED) is 0.830. The first kappa shape index (κ1) is 13.5. The Kier molecular flexibility index (Phi) is 3.47. The Balaban J connectivity index is 2.09. The Morgan fingerprint density at radius 1 is 1.10 bits per heavy atom. The zero-order valence-electron chi connectivity index (χ0n) is 12.9. The Bertz CT molecular complexity index is 621.